The molecule has 0 spiro atoms. The first kappa shape index (κ1) is 10.5. The lowest BCUT2D eigenvalue weighted by Gasteiger charge is -2.36. The number of hydrogen-bond acceptors (Lipinski definition) is 1. The molecule has 76 valence electrons. The van der Waals surface area contributed by atoms with Crippen LogP contribution < -0.4 is 0 Å². The van der Waals surface area contributed by atoms with Crippen molar-refractivity contribution in [1.29, 1.82) is 0 Å². The summed E-state index contributed by atoms with van der Waals surface area (Å²) in [5, 5.41) is 0. The molecule has 1 fully saturated rings. The van der Waals surface area contributed by atoms with Crippen molar-refractivity contribution in [3.63, 3.8) is 0 Å². The minimum Gasteiger partial charge on any atom is -0.299 e. The van der Waals surface area contributed by atoms with Gasteiger partial charge >= 0.3 is 6.18 Å². The fourth-order valence-corrected chi connectivity index (χ4v) is 1.59. The van der Waals surface area contributed by atoms with E-state index < -0.39 is 12.1 Å². The van der Waals surface area contributed by atoms with Crippen molar-refractivity contribution in [3.8, 4) is 0 Å². The molecule has 0 unspecified atom stereocenters. The van der Waals surface area contributed by atoms with E-state index in [1.165, 1.54) is 0 Å². The van der Waals surface area contributed by atoms with Crippen molar-refractivity contribution < 1.29 is 18.0 Å². The van der Waals surface area contributed by atoms with Gasteiger partial charge in [-0.05, 0) is 12.8 Å². The Labute approximate surface area is 75.3 Å². The molecule has 4 heteroatoms. The van der Waals surface area contributed by atoms with Crippen LogP contribution in [0.2, 0.25) is 0 Å². The number of carbonyl (C=O) groups excluding carboxylic acids is 1. The fourth-order valence-electron chi connectivity index (χ4n) is 1.59. The van der Waals surface area contributed by atoms with E-state index in [-0.39, 0.29) is 30.5 Å². The van der Waals surface area contributed by atoms with Crippen LogP contribution in [0.1, 0.15) is 26.7 Å². The number of carbonyl (C=O) groups is 1. The lowest BCUT2D eigenvalue weighted by atomic mass is 9.70. The maximum absolute atomic E-state index is 12.0. The number of alkyl halides is 3. The van der Waals surface area contributed by atoms with Crippen LogP contribution in [0.3, 0.4) is 0 Å². The van der Waals surface area contributed by atoms with Gasteiger partial charge in [0, 0.05) is 11.8 Å². The Bertz CT molecular complexity index is 201. The van der Waals surface area contributed by atoms with Crippen LogP contribution in [0.15, 0.2) is 0 Å². The third-order valence-electron chi connectivity index (χ3n) is 2.57. The second-order valence-corrected chi connectivity index (χ2v) is 3.96. The van der Waals surface area contributed by atoms with Crippen LogP contribution in [-0.2, 0) is 4.79 Å². The van der Waals surface area contributed by atoms with Gasteiger partial charge in [0.25, 0.3) is 0 Å². The van der Waals surface area contributed by atoms with E-state index in [0.29, 0.717) is 0 Å². The van der Waals surface area contributed by atoms with E-state index in [4.69, 9.17) is 0 Å². The van der Waals surface area contributed by atoms with Crippen molar-refractivity contribution in [3.05, 3.63) is 0 Å². The molecule has 0 N–H and O–H groups in total. The zero-order chi connectivity index (χ0) is 10.2. The molecule has 1 nitrogen and oxygen atoms in total. The van der Waals surface area contributed by atoms with E-state index >= 15 is 0 Å². The van der Waals surface area contributed by atoms with Gasteiger partial charge in [-0.3, -0.25) is 4.79 Å². The summed E-state index contributed by atoms with van der Waals surface area (Å²) in [6.07, 6.45) is -4.10. The van der Waals surface area contributed by atoms with Gasteiger partial charge in [0.1, 0.15) is 5.78 Å². The van der Waals surface area contributed by atoms with Gasteiger partial charge in [-0.2, -0.15) is 13.2 Å². The van der Waals surface area contributed by atoms with Gasteiger partial charge < -0.3 is 0 Å². The first-order valence-corrected chi connectivity index (χ1v) is 4.42. The van der Waals surface area contributed by atoms with E-state index in [1.54, 1.807) is 13.8 Å². The quantitative estimate of drug-likeness (QED) is 0.660. The zero-order valence-corrected chi connectivity index (χ0v) is 7.69. The standard InChI is InChI=1S/C9H13F3O/c1-5(2)8(13)6-3-7(4-6)9(10,11)12/h5-7H,3-4H2,1-2H3. The minimum absolute atomic E-state index is 0.000509. The zero-order valence-electron chi connectivity index (χ0n) is 7.69. The molecular formula is C9H13F3O. The Morgan fingerprint density at radius 1 is 1.31 bits per heavy atom. The van der Waals surface area contributed by atoms with Crippen LogP contribution in [0.5, 0.6) is 0 Å². The lowest BCUT2D eigenvalue weighted by molar-refractivity contribution is -0.204. The molecule has 1 aliphatic carbocycles. The van der Waals surface area contributed by atoms with Gasteiger partial charge in [0.2, 0.25) is 0 Å². The summed E-state index contributed by atoms with van der Waals surface area (Å²) in [4.78, 5) is 11.2. The van der Waals surface area contributed by atoms with Gasteiger partial charge in [-0.1, -0.05) is 13.8 Å². The Balaban J connectivity index is 2.38. The van der Waals surface area contributed by atoms with Crippen LogP contribution in [0.4, 0.5) is 13.2 Å². The minimum atomic E-state index is -4.10. The third-order valence-corrected chi connectivity index (χ3v) is 2.57. The van der Waals surface area contributed by atoms with E-state index in [2.05, 4.69) is 0 Å². The smallest absolute Gasteiger partial charge is 0.299 e. The molecule has 0 aromatic heterocycles. The van der Waals surface area contributed by atoms with Crippen LogP contribution >= 0.6 is 0 Å². The highest BCUT2D eigenvalue weighted by molar-refractivity contribution is 5.83. The molecule has 0 aromatic carbocycles. The Hall–Kier alpha value is -0.540. The molecule has 13 heavy (non-hydrogen) atoms. The van der Waals surface area contributed by atoms with Gasteiger partial charge in [-0.25, -0.2) is 0 Å². The summed E-state index contributed by atoms with van der Waals surface area (Å²) in [6.45, 7) is 3.45. The van der Waals surface area contributed by atoms with Crippen molar-refractivity contribution >= 4 is 5.78 Å². The van der Waals surface area contributed by atoms with E-state index in [0.717, 1.165) is 0 Å². The Morgan fingerprint density at radius 3 is 2.08 bits per heavy atom. The molecule has 0 bridgehead atoms. The summed E-state index contributed by atoms with van der Waals surface area (Å²) in [5.41, 5.74) is 0. The third kappa shape index (κ3) is 2.23. The summed E-state index contributed by atoms with van der Waals surface area (Å²) in [6, 6.07) is 0. The number of halogens is 3. The molecule has 1 rings (SSSR count). The van der Waals surface area contributed by atoms with Gasteiger partial charge in [0.05, 0.1) is 5.92 Å². The van der Waals surface area contributed by atoms with Gasteiger partial charge in [-0.15, -0.1) is 0 Å². The predicted octanol–water partition coefficient (Wildman–Crippen LogP) is 2.80. The molecule has 1 saturated carbocycles. The topological polar surface area (TPSA) is 17.1 Å². The average Bonchev–Trinajstić information content (AvgIpc) is 1.79. The van der Waals surface area contributed by atoms with Crippen LogP contribution in [0, 0.1) is 17.8 Å². The van der Waals surface area contributed by atoms with E-state index in [9.17, 15) is 18.0 Å². The average molecular weight is 194 g/mol. The van der Waals surface area contributed by atoms with Gasteiger partial charge in [0.15, 0.2) is 0 Å². The van der Waals surface area contributed by atoms with Crippen molar-refractivity contribution in [2.75, 3.05) is 0 Å². The molecule has 0 radical (unpaired) electrons. The number of hydrogen-bond donors (Lipinski definition) is 0. The predicted molar refractivity (Wildman–Crippen MR) is 42.1 cm³/mol. The molecule has 0 atom stereocenters. The molecule has 0 saturated heterocycles. The molecule has 0 aliphatic heterocycles. The van der Waals surface area contributed by atoms with Crippen molar-refractivity contribution in [2.24, 2.45) is 17.8 Å². The second kappa shape index (κ2) is 3.31. The Kier molecular flexibility index (Phi) is 2.68. The number of ketones is 1. The highest BCUT2D eigenvalue weighted by Crippen LogP contribution is 2.45. The summed E-state index contributed by atoms with van der Waals surface area (Å²) >= 11 is 0. The largest absolute Gasteiger partial charge is 0.391 e. The highest BCUT2D eigenvalue weighted by Gasteiger charge is 2.49. The highest BCUT2D eigenvalue weighted by atomic mass is 19.4. The lowest BCUT2D eigenvalue weighted by Crippen LogP contribution is -2.40. The second-order valence-electron chi connectivity index (χ2n) is 3.96. The van der Waals surface area contributed by atoms with Crippen molar-refractivity contribution in [1.82, 2.24) is 0 Å². The molecule has 0 aromatic rings. The molecule has 0 amide bonds. The van der Waals surface area contributed by atoms with Crippen LogP contribution in [-0.4, -0.2) is 12.0 Å². The molecule has 1 aliphatic rings. The number of Topliss-reactive ketones (excluding diaryl/α,β-unsaturated/α-hetero) is 1. The summed E-state index contributed by atoms with van der Waals surface area (Å²) in [7, 11) is 0. The first-order chi connectivity index (χ1) is 5.82. The Morgan fingerprint density at radius 2 is 1.77 bits per heavy atom. The molecular weight excluding hydrogens is 181 g/mol. The van der Waals surface area contributed by atoms with E-state index in [1.807, 2.05) is 0 Å². The maximum Gasteiger partial charge on any atom is 0.391 e. The fraction of sp³-hybridized carbons (Fsp3) is 0.889. The normalized spacial score (nSPS) is 28.8. The monoisotopic (exact) mass is 194 g/mol. The van der Waals surface area contributed by atoms with Crippen LogP contribution in [0.25, 0.3) is 0 Å². The molecule has 0 heterocycles. The number of rotatable bonds is 2. The maximum atomic E-state index is 12.0. The SMILES string of the molecule is CC(C)C(=O)C1CC(C(F)(F)F)C1. The first-order valence-electron chi connectivity index (χ1n) is 4.42. The summed E-state index contributed by atoms with van der Waals surface area (Å²) < 4.78 is 36.1. The summed E-state index contributed by atoms with van der Waals surface area (Å²) in [5.74, 6) is -1.74. The van der Waals surface area contributed by atoms with Crippen molar-refractivity contribution in [2.45, 2.75) is 32.9 Å².